The van der Waals surface area contributed by atoms with Gasteiger partial charge in [-0.05, 0) is 55.1 Å². The predicted octanol–water partition coefficient (Wildman–Crippen LogP) is 4.57. The van der Waals surface area contributed by atoms with Gasteiger partial charge in [-0.1, -0.05) is 54.6 Å². The minimum absolute atomic E-state index is 0.0874. The summed E-state index contributed by atoms with van der Waals surface area (Å²) in [6, 6.07) is 22.3. The zero-order chi connectivity index (χ0) is 18.5. The third-order valence-electron chi connectivity index (χ3n) is 4.54. The van der Waals surface area contributed by atoms with E-state index in [1.807, 2.05) is 51.4 Å². The fourth-order valence-electron chi connectivity index (χ4n) is 3.20. The molecule has 134 valence electrons. The number of anilines is 1. The molecule has 3 aromatic carbocycles. The van der Waals surface area contributed by atoms with Crippen molar-refractivity contribution in [3.8, 4) is 0 Å². The summed E-state index contributed by atoms with van der Waals surface area (Å²) in [6.45, 7) is 2.53. The minimum atomic E-state index is -0.192. The number of likely N-dealkylation sites (N-methyl/N-ethyl adjacent to an activating group) is 1. The van der Waals surface area contributed by atoms with Crippen LogP contribution in [-0.4, -0.2) is 31.6 Å². The Labute approximate surface area is 154 Å². The molecule has 4 nitrogen and oxygen atoms in total. The van der Waals surface area contributed by atoms with E-state index >= 15 is 0 Å². The molecular formula is C22H25N3O. The summed E-state index contributed by atoms with van der Waals surface area (Å²) < 4.78 is 0. The Morgan fingerprint density at radius 3 is 2.50 bits per heavy atom. The van der Waals surface area contributed by atoms with Crippen LogP contribution in [0.2, 0.25) is 0 Å². The second-order valence-electron chi connectivity index (χ2n) is 6.75. The quantitative estimate of drug-likeness (QED) is 0.710. The summed E-state index contributed by atoms with van der Waals surface area (Å²) in [7, 11) is 4.07. The Bertz CT molecular complexity index is 899. The molecule has 1 atom stereocenters. The van der Waals surface area contributed by atoms with Gasteiger partial charge in [-0.25, -0.2) is 4.79 Å². The van der Waals surface area contributed by atoms with E-state index in [0.29, 0.717) is 6.54 Å². The molecule has 2 N–H and O–H groups in total. The van der Waals surface area contributed by atoms with Gasteiger partial charge in [0.05, 0.1) is 6.04 Å². The highest BCUT2D eigenvalue weighted by molar-refractivity contribution is 5.89. The molecule has 0 aromatic heterocycles. The lowest BCUT2D eigenvalue weighted by Gasteiger charge is -2.26. The van der Waals surface area contributed by atoms with Gasteiger partial charge in [0.25, 0.3) is 0 Å². The maximum absolute atomic E-state index is 12.3. The molecule has 4 heteroatoms. The summed E-state index contributed by atoms with van der Waals surface area (Å²) in [5.74, 6) is 0. The molecule has 3 rings (SSSR count). The van der Waals surface area contributed by atoms with Crippen LogP contribution in [0.3, 0.4) is 0 Å². The van der Waals surface area contributed by atoms with Gasteiger partial charge in [0.2, 0.25) is 0 Å². The topological polar surface area (TPSA) is 44.4 Å². The standard InChI is InChI=1S/C22H25N3O/c1-16-8-6-11-18(14-16)24-22(26)23-15-21(25(2)3)20-13-7-10-17-9-4-5-12-19(17)20/h4-14,21H,15H2,1-3H3,(H2,23,24,26)/t21-/m1/s1. The Kier molecular flexibility index (Phi) is 5.54. The van der Waals surface area contributed by atoms with E-state index in [2.05, 4.69) is 51.9 Å². The highest BCUT2D eigenvalue weighted by atomic mass is 16.2. The molecule has 0 saturated heterocycles. The maximum atomic E-state index is 12.3. The third kappa shape index (κ3) is 4.21. The number of fused-ring (bicyclic) bond motifs is 1. The number of hydrogen-bond acceptors (Lipinski definition) is 2. The number of carbonyl (C=O) groups excluding carboxylic acids is 1. The highest BCUT2D eigenvalue weighted by Crippen LogP contribution is 2.26. The molecule has 0 fully saturated rings. The molecule has 0 saturated carbocycles. The molecule has 0 unspecified atom stereocenters. The van der Waals surface area contributed by atoms with E-state index in [-0.39, 0.29) is 12.1 Å². The van der Waals surface area contributed by atoms with E-state index in [4.69, 9.17) is 0 Å². The Morgan fingerprint density at radius 1 is 1.00 bits per heavy atom. The largest absolute Gasteiger partial charge is 0.336 e. The number of aryl methyl sites for hydroxylation is 1. The summed E-state index contributed by atoms with van der Waals surface area (Å²) in [4.78, 5) is 14.4. The number of amides is 2. The van der Waals surface area contributed by atoms with Gasteiger partial charge < -0.3 is 15.5 Å². The lowest BCUT2D eigenvalue weighted by molar-refractivity contribution is 0.243. The van der Waals surface area contributed by atoms with Crippen molar-refractivity contribution in [1.82, 2.24) is 10.2 Å². The van der Waals surface area contributed by atoms with Crippen LogP contribution in [-0.2, 0) is 0 Å². The van der Waals surface area contributed by atoms with Gasteiger partial charge in [0, 0.05) is 12.2 Å². The van der Waals surface area contributed by atoms with Crippen LogP contribution in [0.25, 0.3) is 10.8 Å². The highest BCUT2D eigenvalue weighted by Gasteiger charge is 2.17. The van der Waals surface area contributed by atoms with E-state index in [9.17, 15) is 4.79 Å². The van der Waals surface area contributed by atoms with Crippen molar-refractivity contribution in [2.45, 2.75) is 13.0 Å². The smallest absolute Gasteiger partial charge is 0.319 e. The van der Waals surface area contributed by atoms with Gasteiger partial charge in [0.1, 0.15) is 0 Å². The monoisotopic (exact) mass is 347 g/mol. The molecule has 3 aromatic rings. The van der Waals surface area contributed by atoms with Crippen LogP contribution < -0.4 is 10.6 Å². The summed E-state index contributed by atoms with van der Waals surface area (Å²) in [5.41, 5.74) is 3.13. The molecule has 0 aliphatic carbocycles. The minimum Gasteiger partial charge on any atom is -0.336 e. The molecule has 2 amide bonds. The Hall–Kier alpha value is -2.85. The molecule has 0 aliphatic rings. The predicted molar refractivity (Wildman–Crippen MR) is 109 cm³/mol. The van der Waals surface area contributed by atoms with Crippen molar-refractivity contribution in [3.63, 3.8) is 0 Å². The van der Waals surface area contributed by atoms with Crippen molar-refractivity contribution in [1.29, 1.82) is 0 Å². The molecule has 26 heavy (non-hydrogen) atoms. The zero-order valence-electron chi connectivity index (χ0n) is 15.5. The van der Waals surface area contributed by atoms with Crippen molar-refractivity contribution in [2.24, 2.45) is 0 Å². The van der Waals surface area contributed by atoms with Crippen molar-refractivity contribution in [3.05, 3.63) is 77.9 Å². The summed E-state index contributed by atoms with van der Waals surface area (Å²) in [5, 5.41) is 8.33. The average molecular weight is 347 g/mol. The van der Waals surface area contributed by atoms with E-state index in [0.717, 1.165) is 11.3 Å². The SMILES string of the molecule is Cc1cccc(NC(=O)NC[C@H](c2cccc3ccccc23)N(C)C)c1. The second-order valence-corrected chi connectivity index (χ2v) is 6.75. The van der Waals surface area contributed by atoms with Gasteiger partial charge in [0.15, 0.2) is 0 Å². The normalized spacial score (nSPS) is 12.2. The second kappa shape index (κ2) is 8.02. The van der Waals surface area contributed by atoms with Crippen LogP contribution in [0, 0.1) is 6.92 Å². The van der Waals surface area contributed by atoms with Gasteiger partial charge >= 0.3 is 6.03 Å². The van der Waals surface area contributed by atoms with Crippen molar-refractivity contribution >= 4 is 22.5 Å². The number of carbonyl (C=O) groups is 1. The van der Waals surface area contributed by atoms with Crippen molar-refractivity contribution < 1.29 is 4.79 Å². The lowest BCUT2D eigenvalue weighted by Crippen LogP contribution is -2.37. The fraction of sp³-hybridized carbons (Fsp3) is 0.227. The number of nitrogens with one attached hydrogen (secondary N) is 2. The zero-order valence-corrected chi connectivity index (χ0v) is 15.5. The lowest BCUT2D eigenvalue weighted by atomic mass is 9.98. The van der Waals surface area contributed by atoms with E-state index in [1.165, 1.54) is 16.3 Å². The first kappa shape index (κ1) is 18.0. The molecular weight excluding hydrogens is 322 g/mol. The van der Waals surface area contributed by atoms with E-state index < -0.39 is 0 Å². The first-order valence-corrected chi connectivity index (χ1v) is 8.80. The third-order valence-corrected chi connectivity index (χ3v) is 4.54. The first-order chi connectivity index (χ1) is 12.5. The number of benzene rings is 3. The van der Waals surface area contributed by atoms with Crippen LogP contribution in [0.15, 0.2) is 66.7 Å². The number of hydrogen-bond donors (Lipinski definition) is 2. The van der Waals surface area contributed by atoms with Gasteiger partial charge in [-0.15, -0.1) is 0 Å². The van der Waals surface area contributed by atoms with Crippen LogP contribution in [0.5, 0.6) is 0 Å². The average Bonchev–Trinajstić information content (AvgIpc) is 2.62. The molecule has 0 radical (unpaired) electrons. The number of urea groups is 1. The Morgan fingerprint density at radius 2 is 1.73 bits per heavy atom. The summed E-state index contributed by atoms with van der Waals surface area (Å²) in [6.07, 6.45) is 0. The molecule has 0 heterocycles. The Balaban J connectivity index is 1.74. The maximum Gasteiger partial charge on any atom is 0.319 e. The molecule has 0 bridgehead atoms. The van der Waals surface area contributed by atoms with Gasteiger partial charge in [-0.3, -0.25) is 0 Å². The number of rotatable bonds is 5. The van der Waals surface area contributed by atoms with E-state index in [1.54, 1.807) is 0 Å². The number of nitrogens with zero attached hydrogens (tertiary/aromatic N) is 1. The van der Waals surface area contributed by atoms with Crippen molar-refractivity contribution in [2.75, 3.05) is 26.0 Å². The fourth-order valence-corrected chi connectivity index (χ4v) is 3.20. The van der Waals surface area contributed by atoms with Crippen LogP contribution in [0.1, 0.15) is 17.2 Å². The molecule has 0 spiro atoms. The van der Waals surface area contributed by atoms with Gasteiger partial charge in [-0.2, -0.15) is 0 Å². The summed E-state index contributed by atoms with van der Waals surface area (Å²) >= 11 is 0. The van der Waals surface area contributed by atoms with Crippen LogP contribution in [0.4, 0.5) is 10.5 Å². The first-order valence-electron chi connectivity index (χ1n) is 8.80. The van der Waals surface area contributed by atoms with Crippen LogP contribution >= 0.6 is 0 Å². The molecule has 0 aliphatic heterocycles.